The quantitative estimate of drug-likeness (QED) is 0.625. The molecule has 0 aromatic carbocycles. The first kappa shape index (κ1) is 8.55. The summed E-state index contributed by atoms with van der Waals surface area (Å²) in [6.07, 6.45) is 1.76. The van der Waals surface area contributed by atoms with Gasteiger partial charge in [0.2, 0.25) is 0 Å². The number of fused-ring (bicyclic) bond motifs is 3. The summed E-state index contributed by atoms with van der Waals surface area (Å²) in [4.78, 5) is 13.7. The van der Waals surface area contributed by atoms with E-state index in [9.17, 15) is 0 Å². The average molecular weight is 216 g/mol. The van der Waals surface area contributed by atoms with Crippen molar-refractivity contribution in [3.63, 3.8) is 0 Å². The van der Waals surface area contributed by atoms with Gasteiger partial charge in [0, 0.05) is 6.20 Å². The maximum atomic E-state index is 5.88. The maximum absolute atomic E-state index is 5.88. The second-order valence-electron chi connectivity index (χ2n) is 3.29. The number of nitrogens with zero attached hydrogens (tertiary/aromatic N) is 3. The van der Waals surface area contributed by atoms with E-state index < -0.39 is 0 Å². The summed E-state index contributed by atoms with van der Waals surface area (Å²) in [5.74, 6) is 1.22. The molecule has 0 atom stereocenters. The van der Waals surface area contributed by atoms with E-state index in [1.807, 2.05) is 19.1 Å². The van der Waals surface area contributed by atoms with Crippen molar-refractivity contribution in [2.45, 2.75) is 6.92 Å². The highest BCUT2D eigenvalue weighted by atomic mass is 32.1. The second-order valence-corrected chi connectivity index (χ2v) is 4.32. The summed E-state index contributed by atoms with van der Waals surface area (Å²) in [6.45, 7) is 1.84. The third-order valence-corrected chi connectivity index (χ3v) is 3.27. The minimum atomic E-state index is 0.516. The van der Waals surface area contributed by atoms with Crippen molar-refractivity contribution in [1.29, 1.82) is 0 Å². The molecule has 0 aliphatic carbocycles. The van der Waals surface area contributed by atoms with Crippen molar-refractivity contribution < 1.29 is 0 Å². The predicted octanol–water partition coefficient (Wildman–Crippen LogP) is 2.13. The van der Waals surface area contributed by atoms with E-state index in [0.29, 0.717) is 11.6 Å². The maximum Gasteiger partial charge on any atom is 0.138 e. The van der Waals surface area contributed by atoms with Crippen LogP contribution in [0.25, 0.3) is 20.4 Å². The molecule has 3 rings (SSSR count). The highest BCUT2D eigenvalue weighted by molar-refractivity contribution is 7.25. The first-order chi connectivity index (χ1) is 7.25. The van der Waals surface area contributed by atoms with Gasteiger partial charge in [-0.2, -0.15) is 0 Å². The SMILES string of the molecule is Cc1nc(N)c2c(n1)sc1cccnc12. The minimum absolute atomic E-state index is 0.516. The number of pyridine rings is 1. The minimum Gasteiger partial charge on any atom is -0.383 e. The van der Waals surface area contributed by atoms with Crippen LogP contribution in [0.4, 0.5) is 5.82 Å². The van der Waals surface area contributed by atoms with E-state index in [0.717, 1.165) is 20.4 Å². The third-order valence-electron chi connectivity index (χ3n) is 2.23. The molecule has 0 unspecified atom stereocenters. The Morgan fingerprint density at radius 1 is 1.33 bits per heavy atom. The summed E-state index contributed by atoms with van der Waals surface area (Å²) in [6, 6.07) is 3.93. The smallest absolute Gasteiger partial charge is 0.138 e. The number of rotatable bonds is 0. The van der Waals surface area contributed by atoms with Crippen molar-refractivity contribution in [2.75, 3.05) is 5.73 Å². The zero-order valence-corrected chi connectivity index (χ0v) is 8.88. The zero-order valence-electron chi connectivity index (χ0n) is 8.06. The molecule has 15 heavy (non-hydrogen) atoms. The largest absolute Gasteiger partial charge is 0.383 e. The zero-order chi connectivity index (χ0) is 10.4. The molecule has 0 fully saturated rings. The number of anilines is 1. The molecule has 0 radical (unpaired) electrons. The van der Waals surface area contributed by atoms with E-state index >= 15 is 0 Å². The second kappa shape index (κ2) is 2.87. The van der Waals surface area contributed by atoms with Crippen LogP contribution in [-0.4, -0.2) is 15.0 Å². The average Bonchev–Trinajstić information content (AvgIpc) is 2.54. The Hall–Kier alpha value is -1.75. The van der Waals surface area contributed by atoms with Crippen LogP contribution in [0.3, 0.4) is 0 Å². The van der Waals surface area contributed by atoms with Gasteiger partial charge >= 0.3 is 0 Å². The highest BCUT2D eigenvalue weighted by Gasteiger charge is 2.11. The van der Waals surface area contributed by atoms with E-state index in [1.165, 1.54) is 0 Å². The number of hydrogen-bond donors (Lipinski definition) is 1. The molecule has 5 heteroatoms. The van der Waals surface area contributed by atoms with Gasteiger partial charge in [-0.25, -0.2) is 9.97 Å². The van der Waals surface area contributed by atoms with Gasteiger partial charge in [-0.05, 0) is 19.1 Å². The van der Waals surface area contributed by atoms with Gasteiger partial charge in [-0.3, -0.25) is 4.98 Å². The molecule has 3 aromatic heterocycles. The molecule has 0 bridgehead atoms. The van der Waals surface area contributed by atoms with E-state index in [2.05, 4.69) is 15.0 Å². The fourth-order valence-corrected chi connectivity index (χ4v) is 2.72. The Morgan fingerprint density at radius 3 is 3.07 bits per heavy atom. The van der Waals surface area contributed by atoms with Crippen LogP contribution in [0, 0.1) is 6.92 Å². The molecule has 0 amide bonds. The van der Waals surface area contributed by atoms with Crippen LogP contribution in [0.5, 0.6) is 0 Å². The lowest BCUT2D eigenvalue weighted by atomic mass is 10.3. The molecule has 0 aliphatic heterocycles. The Bertz CT molecular complexity index is 659. The van der Waals surface area contributed by atoms with Crippen molar-refractivity contribution >= 4 is 37.6 Å². The Labute approximate surface area is 89.8 Å². The molecular weight excluding hydrogens is 208 g/mol. The van der Waals surface area contributed by atoms with Crippen molar-refractivity contribution in [3.05, 3.63) is 24.2 Å². The van der Waals surface area contributed by atoms with Crippen molar-refractivity contribution in [1.82, 2.24) is 15.0 Å². The Kier molecular flexibility index (Phi) is 1.63. The van der Waals surface area contributed by atoms with Gasteiger partial charge in [0.15, 0.2) is 0 Å². The first-order valence-electron chi connectivity index (χ1n) is 4.53. The fourth-order valence-electron chi connectivity index (χ4n) is 1.63. The standard InChI is InChI=1S/C10H8N4S/c1-5-13-9(11)7-8-6(3-2-4-12-8)15-10(7)14-5/h2-4H,1H3,(H2,11,13,14). The van der Waals surface area contributed by atoms with Crippen LogP contribution >= 0.6 is 11.3 Å². The van der Waals surface area contributed by atoms with Crippen molar-refractivity contribution in [2.24, 2.45) is 0 Å². The number of thiophene rings is 1. The van der Waals surface area contributed by atoms with Gasteiger partial charge in [-0.15, -0.1) is 11.3 Å². The van der Waals surface area contributed by atoms with Crippen LogP contribution in [0.2, 0.25) is 0 Å². The van der Waals surface area contributed by atoms with Crippen LogP contribution in [0.1, 0.15) is 5.82 Å². The summed E-state index contributed by atoms with van der Waals surface area (Å²) >= 11 is 1.60. The van der Waals surface area contributed by atoms with Gasteiger partial charge in [0.25, 0.3) is 0 Å². The molecule has 0 spiro atoms. The molecule has 74 valence electrons. The lowest BCUT2D eigenvalue weighted by Gasteiger charge is -1.96. The molecule has 0 saturated heterocycles. The predicted molar refractivity (Wildman–Crippen MR) is 61.9 cm³/mol. The van der Waals surface area contributed by atoms with E-state index in [-0.39, 0.29) is 0 Å². The molecule has 0 aliphatic rings. The topological polar surface area (TPSA) is 64.7 Å². The van der Waals surface area contributed by atoms with Crippen molar-refractivity contribution in [3.8, 4) is 0 Å². The molecule has 2 N–H and O–H groups in total. The first-order valence-corrected chi connectivity index (χ1v) is 5.34. The van der Waals surface area contributed by atoms with Crippen LogP contribution in [0.15, 0.2) is 18.3 Å². The Balaban J connectivity index is 2.61. The summed E-state index contributed by atoms with van der Waals surface area (Å²) < 4.78 is 1.10. The molecule has 3 aromatic rings. The molecular formula is C10H8N4S. The molecule has 3 heterocycles. The lowest BCUT2D eigenvalue weighted by Crippen LogP contribution is -1.95. The Morgan fingerprint density at radius 2 is 2.20 bits per heavy atom. The van der Waals surface area contributed by atoms with Crippen LogP contribution < -0.4 is 5.73 Å². The van der Waals surface area contributed by atoms with Gasteiger partial charge in [0.05, 0.1) is 15.6 Å². The highest BCUT2D eigenvalue weighted by Crippen LogP contribution is 2.33. The van der Waals surface area contributed by atoms with Gasteiger partial charge < -0.3 is 5.73 Å². The fraction of sp³-hybridized carbons (Fsp3) is 0.100. The number of hydrogen-bond acceptors (Lipinski definition) is 5. The summed E-state index contributed by atoms with van der Waals surface area (Å²) in [5.41, 5.74) is 6.78. The normalized spacial score (nSPS) is 11.3. The number of nitrogen functional groups attached to an aromatic ring is 1. The summed E-state index contributed by atoms with van der Waals surface area (Å²) in [5, 5.41) is 0.876. The van der Waals surface area contributed by atoms with Gasteiger partial charge in [-0.1, -0.05) is 0 Å². The summed E-state index contributed by atoms with van der Waals surface area (Å²) in [7, 11) is 0. The van der Waals surface area contributed by atoms with Gasteiger partial charge in [0.1, 0.15) is 16.5 Å². The third kappa shape index (κ3) is 1.16. The van der Waals surface area contributed by atoms with E-state index in [4.69, 9.17) is 5.73 Å². The number of nitrogens with two attached hydrogens (primary N) is 1. The molecule has 0 saturated carbocycles. The number of aryl methyl sites for hydroxylation is 1. The lowest BCUT2D eigenvalue weighted by molar-refractivity contribution is 1.11. The monoisotopic (exact) mass is 216 g/mol. The number of aromatic nitrogens is 3. The molecule has 4 nitrogen and oxygen atoms in total. The van der Waals surface area contributed by atoms with Crippen LogP contribution in [-0.2, 0) is 0 Å². The van der Waals surface area contributed by atoms with E-state index in [1.54, 1.807) is 17.5 Å².